The lowest BCUT2D eigenvalue weighted by Crippen LogP contribution is -2.42. The minimum absolute atomic E-state index is 0. The Morgan fingerprint density at radius 3 is 2.61 bits per heavy atom. The van der Waals surface area contributed by atoms with Gasteiger partial charge in [-0.1, -0.05) is 24.3 Å². The molecular formula is C20H29IN4O2S. The zero-order chi connectivity index (χ0) is 19.6. The summed E-state index contributed by atoms with van der Waals surface area (Å²) in [6.45, 7) is 5.35. The number of hydrogen-bond donors (Lipinski definition) is 2. The number of carbonyl (C=O) groups is 1. The Morgan fingerprint density at radius 1 is 1.21 bits per heavy atom. The smallest absolute Gasteiger partial charge is 0.243 e. The molecule has 1 unspecified atom stereocenters. The molecule has 8 heteroatoms. The van der Waals surface area contributed by atoms with Crippen molar-refractivity contribution < 1.29 is 9.53 Å². The second-order valence-electron chi connectivity index (χ2n) is 6.46. The lowest BCUT2D eigenvalue weighted by molar-refractivity contribution is -0.127. The maximum atomic E-state index is 11.8. The Morgan fingerprint density at radius 2 is 1.96 bits per heavy atom. The van der Waals surface area contributed by atoms with Crippen LogP contribution in [0.25, 0.3) is 0 Å². The number of amides is 1. The largest absolute Gasteiger partial charge is 0.489 e. The average molecular weight is 516 g/mol. The molecule has 28 heavy (non-hydrogen) atoms. The van der Waals surface area contributed by atoms with E-state index in [-0.39, 0.29) is 42.5 Å². The highest BCUT2D eigenvalue weighted by atomic mass is 127. The summed E-state index contributed by atoms with van der Waals surface area (Å²) in [7, 11) is 3.45. The van der Waals surface area contributed by atoms with E-state index >= 15 is 0 Å². The van der Waals surface area contributed by atoms with Crippen molar-refractivity contribution in [2.45, 2.75) is 26.5 Å². The number of aryl methyl sites for hydroxylation is 1. The summed E-state index contributed by atoms with van der Waals surface area (Å²) in [5.41, 5.74) is 1.10. The number of guanidine groups is 1. The van der Waals surface area contributed by atoms with Crippen LogP contribution < -0.4 is 15.4 Å². The monoisotopic (exact) mass is 516 g/mol. The molecule has 0 saturated carbocycles. The van der Waals surface area contributed by atoms with Crippen molar-refractivity contribution in [3.05, 3.63) is 52.2 Å². The van der Waals surface area contributed by atoms with Crippen LogP contribution in [0.1, 0.15) is 17.4 Å². The molecule has 0 aliphatic heterocycles. The molecule has 0 fully saturated rings. The topological polar surface area (TPSA) is 66.0 Å². The normalized spacial score (nSPS) is 11.9. The quantitative estimate of drug-likeness (QED) is 0.321. The first-order valence-corrected chi connectivity index (χ1v) is 9.80. The fraction of sp³-hybridized carbons (Fsp3) is 0.400. The summed E-state index contributed by atoms with van der Waals surface area (Å²) in [6.07, 6.45) is -0.0515. The third-order valence-electron chi connectivity index (χ3n) is 3.86. The minimum atomic E-state index is -0.0515. The molecule has 0 bridgehead atoms. The Balaban J connectivity index is 0.00000392. The van der Waals surface area contributed by atoms with Gasteiger partial charge in [0.2, 0.25) is 5.91 Å². The van der Waals surface area contributed by atoms with Gasteiger partial charge in [0, 0.05) is 19.0 Å². The zero-order valence-electron chi connectivity index (χ0n) is 16.8. The molecule has 1 aromatic carbocycles. The van der Waals surface area contributed by atoms with Crippen molar-refractivity contribution in [1.29, 1.82) is 0 Å². The number of ether oxygens (including phenoxy) is 1. The summed E-state index contributed by atoms with van der Waals surface area (Å²) in [6, 6.07) is 12.0. The molecule has 6 nitrogen and oxygen atoms in total. The van der Waals surface area contributed by atoms with Crippen LogP contribution in [0.4, 0.5) is 0 Å². The number of halogens is 1. The van der Waals surface area contributed by atoms with Gasteiger partial charge in [0.05, 0.1) is 13.1 Å². The van der Waals surface area contributed by atoms with Gasteiger partial charge in [0.1, 0.15) is 18.4 Å². The molecule has 0 aliphatic rings. The SMILES string of the molecule is Cc1ccccc1OC(C)CNC(=NCC(=O)N(C)C)NCc1cccs1.I. The first-order valence-electron chi connectivity index (χ1n) is 8.92. The fourth-order valence-corrected chi connectivity index (χ4v) is 2.88. The number of hydrogen-bond acceptors (Lipinski definition) is 4. The molecule has 2 aromatic rings. The van der Waals surface area contributed by atoms with E-state index in [4.69, 9.17) is 4.74 Å². The molecule has 1 aromatic heterocycles. The van der Waals surface area contributed by atoms with Crippen LogP contribution >= 0.6 is 35.3 Å². The van der Waals surface area contributed by atoms with Crippen LogP contribution in [0.15, 0.2) is 46.8 Å². The minimum Gasteiger partial charge on any atom is -0.489 e. The van der Waals surface area contributed by atoms with Crippen LogP contribution in [0.2, 0.25) is 0 Å². The summed E-state index contributed by atoms with van der Waals surface area (Å²) >= 11 is 1.68. The van der Waals surface area contributed by atoms with E-state index in [0.717, 1.165) is 11.3 Å². The summed E-state index contributed by atoms with van der Waals surface area (Å²) in [4.78, 5) is 19.0. The van der Waals surface area contributed by atoms with Crippen molar-refractivity contribution in [3.63, 3.8) is 0 Å². The van der Waals surface area contributed by atoms with Crippen LogP contribution in [-0.2, 0) is 11.3 Å². The standard InChI is InChI=1S/C20H28N4O2S.HI/c1-15-8-5-6-10-18(15)26-16(2)12-21-20(23-14-19(25)24(3)4)22-13-17-9-7-11-27-17;/h5-11,16H,12-14H2,1-4H3,(H2,21,22,23);1H. The molecule has 1 amide bonds. The van der Waals surface area contributed by atoms with Crippen molar-refractivity contribution in [1.82, 2.24) is 15.5 Å². The molecule has 1 heterocycles. The van der Waals surface area contributed by atoms with Gasteiger partial charge in [-0.25, -0.2) is 4.99 Å². The number of aliphatic imine (C=N–C) groups is 1. The van der Waals surface area contributed by atoms with Crippen molar-refractivity contribution in [3.8, 4) is 5.75 Å². The van der Waals surface area contributed by atoms with E-state index in [9.17, 15) is 4.79 Å². The van der Waals surface area contributed by atoms with E-state index in [1.165, 1.54) is 9.78 Å². The molecule has 1 atom stereocenters. The fourth-order valence-electron chi connectivity index (χ4n) is 2.23. The number of likely N-dealkylation sites (N-methyl/N-ethyl adjacent to an activating group) is 1. The van der Waals surface area contributed by atoms with E-state index in [0.29, 0.717) is 19.0 Å². The number of rotatable bonds is 8. The molecule has 154 valence electrons. The van der Waals surface area contributed by atoms with E-state index in [2.05, 4.69) is 21.7 Å². The second kappa shape index (κ2) is 12.6. The third-order valence-corrected chi connectivity index (χ3v) is 4.74. The Labute approximate surface area is 188 Å². The number of para-hydroxylation sites is 1. The van der Waals surface area contributed by atoms with Gasteiger partial charge in [-0.2, -0.15) is 0 Å². The number of thiophene rings is 1. The van der Waals surface area contributed by atoms with Crippen molar-refractivity contribution in [2.24, 2.45) is 4.99 Å². The van der Waals surface area contributed by atoms with Gasteiger partial charge in [0.15, 0.2) is 5.96 Å². The summed E-state index contributed by atoms with van der Waals surface area (Å²) < 4.78 is 5.99. The molecule has 2 rings (SSSR count). The van der Waals surface area contributed by atoms with Crippen molar-refractivity contribution >= 4 is 47.2 Å². The third kappa shape index (κ3) is 8.47. The van der Waals surface area contributed by atoms with Crippen LogP contribution in [0.5, 0.6) is 5.75 Å². The molecule has 0 radical (unpaired) electrons. The van der Waals surface area contributed by atoms with Gasteiger partial charge in [0.25, 0.3) is 0 Å². The maximum absolute atomic E-state index is 11.8. The number of benzene rings is 1. The number of nitrogens with zero attached hydrogens (tertiary/aromatic N) is 2. The number of carbonyl (C=O) groups excluding carboxylic acids is 1. The molecule has 2 N–H and O–H groups in total. The predicted octanol–water partition coefficient (Wildman–Crippen LogP) is 3.27. The average Bonchev–Trinajstić information content (AvgIpc) is 3.16. The van der Waals surface area contributed by atoms with Gasteiger partial charge in [-0.15, -0.1) is 35.3 Å². The van der Waals surface area contributed by atoms with Crippen LogP contribution in [0, 0.1) is 6.92 Å². The highest BCUT2D eigenvalue weighted by Gasteiger charge is 2.09. The van der Waals surface area contributed by atoms with Gasteiger partial charge in [-0.05, 0) is 36.9 Å². The van der Waals surface area contributed by atoms with E-state index < -0.39 is 0 Å². The first-order chi connectivity index (χ1) is 13.0. The predicted molar refractivity (Wildman–Crippen MR) is 127 cm³/mol. The van der Waals surface area contributed by atoms with Crippen molar-refractivity contribution in [2.75, 3.05) is 27.2 Å². The Hall–Kier alpha value is -1.81. The van der Waals surface area contributed by atoms with Gasteiger partial charge in [-0.3, -0.25) is 4.79 Å². The molecular weight excluding hydrogens is 487 g/mol. The molecule has 0 spiro atoms. The Bertz CT molecular complexity index is 750. The highest BCUT2D eigenvalue weighted by Crippen LogP contribution is 2.17. The molecule has 0 saturated heterocycles. The van der Waals surface area contributed by atoms with Crippen LogP contribution in [-0.4, -0.2) is 50.1 Å². The van der Waals surface area contributed by atoms with E-state index in [1.54, 1.807) is 25.4 Å². The second-order valence-corrected chi connectivity index (χ2v) is 7.49. The first kappa shape index (κ1) is 24.2. The number of nitrogens with one attached hydrogen (secondary N) is 2. The molecule has 0 aliphatic carbocycles. The Kier molecular flexibility index (Phi) is 10.9. The summed E-state index contributed by atoms with van der Waals surface area (Å²) in [5.74, 6) is 1.43. The highest BCUT2D eigenvalue weighted by molar-refractivity contribution is 14.0. The van der Waals surface area contributed by atoms with Gasteiger partial charge >= 0.3 is 0 Å². The maximum Gasteiger partial charge on any atom is 0.243 e. The zero-order valence-corrected chi connectivity index (χ0v) is 19.9. The van der Waals surface area contributed by atoms with E-state index in [1.807, 2.05) is 49.6 Å². The summed E-state index contributed by atoms with van der Waals surface area (Å²) in [5, 5.41) is 8.57. The lowest BCUT2D eigenvalue weighted by Gasteiger charge is -2.19. The lowest BCUT2D eigenvalue weighted by atomic mass is 10.2. The van der Waals surface area contributed by atoms with Gasteiger partial charge < -0.3 is 20.3 Å². The van der Waals surface area contributed by atoms with Crippen LogP contribution in [0.3, 0.4) is 0 Å².